The van der Waals surface area contributed by atoms with Gasteiger partial charge in [-0.1, -0.05) is 65.7 Å². The van der Waals surface area contributed by atoms with Crippen LogP contribution in [-0.4, -0.2) is 4.98 Å². The van der Waals surface area contributed by atoms with Crippen LogP contribution in [0.5, 0.6) is 0 Å². The first-order valence-electron chi connectivity index (χ1n) is 8.08. The number of unbranched alkanes of at least 4 members (excludes halogenated alkanes) is 5. The Morgan fingerprint density at radius 2 is 1.50 bits per heavy atom. The Kier molecular flexibility index (Phi) is 7.25. The molecule has 116 valence electrons. The molecule has 0 fully saturated rings. The Morgan fingerprint density at radius 1 is 0.950 bits per heavy atom. The molecule has 0 saturated carbocycles. The Hall–Kier alpha value is -0.860. The van der Waals surface area contributed by atoms with Crippen LogP contribution >= 0.6 is 0 Å². The zero-order valence-corrected chi connectivity index (χ0v) is 13.2. The van der Waals surface area contributed by atoms with E-state index in [4.69, 9.17) is 0 Å². The number of nitrogens with one attached hydrogen (secondary N) is 1. The molecule has 1 atom stereocenters. The van der Waals surface area contributed by atoms with Crippen molar-refractivity contribution < 1.29 is 8.78 Å². The first kappa shape index (κ1) is 17.2. The minimum Gasteiger partial charge on any atom is -0.308 e. The van der Waals surface area contributed by atoms with Crippen LogP contribution < -0.4 is 0 Å². The van der Waals surface area contributed by atoms with E-state index in [9.17, 15) is 8.78 Å². The summed E-state index contributed by atoms with van der Waals surface area (Å²) in [4.78, 5) is 2.17. The summed E-state index contributed by atoms with van der Waals surface area (Å²) in [5.74, 6) is -1.05. The topological polar surface area (TPSA) is 15.8 Å². The maximum Gasteiger partial charge on any atom is 0.197 e. The monoisotopic (exact) mass is 285 g/mol. The third kappa shape index (κ3) is 4.92. The molecule has 0 amide bonds. The second kappa shape index (κ2) is 8.43. The van der Waals surface area contributed by atoms with E-state index in [1.807, 2.05) is 0 Å². The molecule has 0 aliphatic carbocycles. The maximum absolute atomic E-state index is 13.9. The highest BCUT2D eigenvalue weighted by Crippen LogP contribution is 2.37. The summed E-state index contributed by atoms with van der Waals surface area (Å²) in [6.45, 7) is 6.43. The SMILES string of the molecule is CCCCCCC(C)(CCCCC)c1cc(F)[nH]c1F. The van der Waals surface area contributed by atoms with Gasteiger partial charge in [0.05, 0.1) is 0 Å². The van der Waals surface area contributed by atoms with Gasteiger partial charge in [-0.05, 0) is 24.3 Å². The van der Waals surface area contributed by atoms with Crippen molar-refractivity contribution in [2.45, 2.75) is 84.0 Å². The average Bonchev–Trinajstić information content (AvgIpc) is 2.75. The Labute approximate surface area is 122 Å². The lowest BCUT2D eigenvalue weighted by Crippen LogP contribution is -2.23. The highest BCUT2D eigenvalue weighted by atomic mass is 19.1. The molecular weight excluding hydrogens is 256 g/mol. The standard InChI is InChI=1S/C17H29F2N/c1-4-6-8-10-12-17(3,11-9-7-5-2)14-13-15(18)20-16(14)19/h13,20H,4-12H2,1-3H3. The van der Waals surface area contributed by atoms with Crippen molar-refractivity contribution in [1.82, 2.24) is 4.98 Å². The molecule has 1 rings (SSSR count). The number of aromatic amines is 1. The molecule has 0 saturated heterocycles. The van der Waals surface area contributed by atoms with Gasteiger partial charge in [0.1, 0.15) is 0 Å². The van der Waals surface area contributed by atoms with E-state index >= 15 is 0 Å². The highest BCUT2D eigenvalue weighted by molar-refractivity contribution is 5.23. The number of hydrogen-bond acceptors (Lipinski definition) is 0. The number of H-pyrrole nitrogens is 1. The number of rotatable bonds is 10. The molecule has 0 aliphatic heterocycles. The fourth-order valence-corrected chi connectivity index (χ4v) is 2.94. The van der Waals surface area contributed by atoms with E-state index in [-0.39, 0.29) is 5.41 Å². The zero-order valence-electron chi connectivity index (χ0n) is 13.2. The molecule has 0 radical (unpaired) electrons. The second-order valence-corrected chi connectivity index (χ2v) is 6.17. The van der Waals surface area contributed by atoms with E-state index < -0.39 is 11.9 Å². The van der Waals surface area contributed by atoms with Crippen LogP contribution in [0.1, 0.15) is 84.1 Å². The molecule has 1 N–H and O–H groups in total. The minimum atomic E-state index is -0.562. The van der Waals surface area contributed by atoms with E-state index in [1.54, 1.807) is 0 Å². The van der Waals surface area contributed by atoms with Crippen LogP contribution in [0, 0.1) is 11.9 Å². The average molecular weight is 285 g/mol. The molecule has 1 nitrogen and oxygen atoms in total. The third-order valence-electron chi connectivity index (χ3n) is 4.30. The van der Waals surface area contributed by atoms with Crippen molar-refractivity contribution in [3.8, 4) is 0 Å². The Bertz CT molecular complexity index is 386. The molecule has 0 bridgehead atoms. The lowest BCUT2D eigenvalue weighted by Gasteiger charge is -2.29. The van der Waals surface area contributed by atoms with E-state index in [2.05, 4.69) is 25.8 Å². The van der Waals surface area contributed by atoms with Crippen molar-refractivity contribution >= 4 is 0 Å². The van der Waals surface area contributed by atoms with Gasteiger partial charge in [0.15, 0.2) is 11.9 Å². The molecule has 1 aromatic rings. The summed E-state index contributed by atoms with van der Waals surface area (Å²) >= 11 is 0. The van der Waals surface area contributed by atoms with Gasteiger partial charge in [-0.15, -0.1) is 0 Å². The van der Waals surface area contributed by atoms with Crippen molar-refractivity contribution in [1.29, 1.82) is 0 Å². The zero-order chi connectivity index (χ0) is 15.0. The van der Waals surface area contributed by atoms with Gasteiger partial charge in [0.25, 0.3) is 0 Å². The maximum atomic E-state index is 13.9. The van der Waals surface area contributed by atoms with E-state index in [1.165, 1.54) is 25.3 Å². The van der Waals surface area contributed by atoms with Gasteiger partial charge in [-0.2, -0.15) is 8.78 Å². The van der Waals surface area contributed by atoms with Gasteiger partial charge < -0.3 is 4.98 Å². The number of hydrogen-bond donors (Lipinski definition) is 1. The molecule has 0 spiro atoms. The molecular formula is C17H29F2N. The molecule has 3 heteroatoms. The fourth-order valence-electron chi connectivity index (χ4n) is 2.94. The summed E-state index contributed by atoms with van der Waals surface area (Å²) in [5.41, 5.74) is 0.288. The minimum absolute atomic E-state index is 0.242. The van der Waals surface area contributed by atoms with Crippen LogP contribution in [0.15, 0.2) is 6.07 Å². The summed E-state index contributed by atoms with van der Waals surface area (Å²) in [7, 11) is 0. The van der Waals surface area contributed by atoms with E-state index in [0.717, 1.165) is 38.5 Å². The first-order chi connectivity index (χ1) is 9.53. The molecule has 1 unspecified atom stereocenters. The van der Waals surface area contributed by atoms with Crippen molar-refractivity contribution in [2.75, 3.05) is 0 Å². The summed E-state index contributed by atoms with van der Waals surface area (Å²) in [5, 5.41) is 0. The largest absolute Gasteiger partial charge is 0.308 e. The predicted molar refractivity (Wildman–Crippen MR) is 81.0 cm³/mol. The second-order valence-electron chi connectivity index (χ2n) is 6.17. The summed E-state index contributed by atoms with van der Waals surface area (Å²) in [6, 6.07) is 1.35. The molecule has 0 aromatic carbocycles. The third-order valence-corrected chi connectivity index (χ3v) is 4.30. The predicted octanol–water partition coefficient (Wildman–Crippen LogP) is 6.10. The summed E-state index contributed by atoms with van der Waals surface area (Å²) < 4.78 is 27.1. The number of halogens is 2. The normalized spacial score (nSPS) is 14.4. The smallest absolute Gasteiger partial charge is 0.197 e. The summed E-state index contributed by atoms with van der Waals surface area (Å²) in [6.07, 6.45) is 9.92. The Balaban J connectivity index is 2.74. The quantitative estimate of drug-likeness (QED) is 0.500. The van der Waals surface area contributed by atoms with Crippen LogP contribution in [0.2, 0.25) is 0 Å². The first-order valence-corrected chi connectivity index (χ1v) is 8.08. The van der Waals surface area contributed by atoms with Gasteiger partial charge in [-0.3, -0.25) is 0 Å². The Morgan fingerprint density at radius 3 is 2.00 bits per heavy atom. The van der Waals surface area contributed by atoms with Gasteiger partial charge in [0, 0.05) is 5.56 Å². The van der Waals surface area contributed by atoms with Gasteiger partial charge in [0.2, 0.25) is 0 Å². The van der Waals surface area contributed by atoms with Crippen molar-refractivity contribution in [3.05, 3.63) is 23.5 Å². The molecule has 0 aliphatic rings. The fraction of sp³-hybridized carbons (Fsp3) is 0.765. The van der Waals surface area contributed by atoms with Crippen LogP contribution in [0.4, 0.5) is 8.78 Å². The van der Waals surface area contributed by atoms with E-state index in [0.29, 0.717) is 5.56 Å². The number of aromatic nitrogens is 1. The van der Waals surface area contributed by atoms with Crippen molar-refractivity contribution in [2.24, 2.45) is 0 Å². The van der Waals surface area contributed by atoms with Crippen LogP contribution in [-0.2, 0) is 5.41 Å². The van der Waals surface area contributed by atoms with Crippen molar-refractivity contribution in [3.63, 3.8) is 0 Å². The molecule has 1 heterocycles. The van der Waals surface area contributed by atoms with Gasteiger partial charge >= 0.3 is 0 Å². The lowest BCUT2D eigenvalue weighted by atomic mass is 9.75. The molecule has 20 heavy (non-hydrogen) atoms. The van der Waals surface area contributed by atoms with Gasteiger partial charge in [-0.25, -0.2) is 0 Å². The molecule has 1 aromatic heterocycles. The highest BCUT2D eigenvalue weighted by Gasteiger charge is 2.30. The van der Waals surface area contributed by atoms with Crippen LogP contribution in [0.3, 0.4) is 0 Å². The van der Waals surface area contributed by atoms with Crippen LogP contribution in [0.25, 0.3) is 0 Å². The lowest BCUT2D eigenvalue weighted by molar-refractivity contribution is 0.351.